The molecule has 0 aliphatic rings. The first-order valence-electron chi connectivity index (χ1n) is 10.3. The first-order chi connectivity index (χ1) is 15.3. The molecule has 0 aliphatic heterocycles. The molecule has 2 amide bonds. The summed E-state index contributed by atoms with van der Waals surface area (Å²) < 4.78 is 13.7. The first kappa shape index (κ1) is 23.1. The molecule has 0 bridgehead atoms. The SMILES string of the molecule is CC(C)(CN)CN(Cc1cccc(NC(=O)c2cccnc2)c1)C(=O)c1cccc(F)c1. The summed E-state index contributed by atoms with van der Waals surface area (Å²) in [6.07, 6.45) is 3.10. The fourth-order valence-electron chi connectivity index (χ4n) is 3.25. The number of nitrogens with two attached hydrogens (primary N) is 1. The molecule has 3 N–H and O–H groups in total. The number of benzene rings is 2. The van der Waals surface area contributed by atoms with Crippen LogP contribution in [0.5, 0.6) is 0 Å². The largest absolute Gasteiger partial charge is 0.334 e. The monoisotopic (exact) mass is 434 g/mol. The van der Waals surface area contributed by atoms with E-state index in [0.29, 0.717) is 24.3 Å². The van der Waals surface area contributed by atoms with Gasteiger partial charge in [0.25, 0.3) is 11.8 Å². The van der Waals surface area contributed by atoms with Gasteiger partial charge in [-0.05, 0) is 60.0 Å². The Morgan fingerprint density at radius 1 is 1.06 bits per heavy atom. The predicted octanol–water partition coefficient (Wildman–Crippen LogP) is 4.10. The molecule has 0 atom stereocenters. The highest BCUT2D eigenvalue weighted by molar-refractivity contribution is 6.04. The van der Waals surface area contributed by atoms with E-state index in [1.807, 2.05) is 32.0 Å². The van der Waals surface area contributed by atoms with Crippen LogP contribution in [0.1, 0.15) is 40.1 Å². The summed E-state index contributed by atoms with van der Waals surface area (Å²) in [6, 6.07) is 16.3. The Morgan fingerprint density at radius 3 is 2.50 bits per heavy atom. The average Bonchev–Trinajstić information content (AvgIpc) is 2.79. The number of hydrogen-bond donors (Lipinski definition) is 2. The zero-order valence-corrected chi connectivity index (χ0v) is 18.2. The van der Waals surface area contributed by atoms with Crippen molar-refractivity contribution in [1.29, 1.82) is 0 Å². The van der Waals surface area contributed by atoms with Gasteiger partial charge in [-0.15, -0.1) is 0 Å². The highest BCUT2D eigenvalue weighted by Crippen LogP contribution is 2.21. The van der Waals surface area contributed by atoms with Gasteiger partial charge in [-0.3, -0.25) is 14.6 Å². The smallest absolute Gasteiger partial charge is 0.257 e. The number of hydrogen-bond acceptors (Lipinski definition) is 4. The van der Waals surface area contributed by atoms with Gasteiger partial charge in [-0.25, -0.2) is 4.39 Å². The highest BCUT2D eigenvalue weighted by atomic mass is 19.1. The van der Waals surface area contributed by atoms with Crippen molar-refractivity contribution in [1.82, 2.24) is 9.88 Å². The summed E-state index contributed by atoms with van der Waals surface area (Å²) in [5.74, 6) is -1.02. The molecule has 3 aromatic rings. The van der Waals surface area contributed by atoms with Crippen LogP contribution >= 0.6 is 0 Å². The minimum Gasteiger partial charge on any atom is -0.334 e. The van der Waals surface area contributed by atoms with Crippen LogP contribution in [0.15, 0.2) is 73.1 Å². The van der Waals surface area contributed by atoms with Gasteiger partial charge in [0.2, 0.25) is 0 Å². The lowest BCUT2D eigenvalue weighted by Gasteiger charge is -2.32. The molecule has 2 aromatic carbocycles. The Kier molecular flexibility index (Phi) is 7.33. The summed E-state index contributed by atoms with van der Waals surface area (Å²) in [4.78, 5) is 31.2. The van der Waals surface area contributed by atoms with E-state index in [9.17, 15) is 14.0 Å². The minimum atomic E-state index is -0.464. The molecule has 0 aliphatic carbocycles. The lowest BCUT2D eigenvalue weighted by atomic mass is 9.92. The van der Waals surface area contributed by atoms with Gasteiger partial charge in [-0.2, -0.15) is 0 Å². The molecule has 0 saturated heterocycles. The van der Waals surface area contributed by atoms with E-state index in [4.69, 9.17) is 5.73 Å². The molecule has 0 spiro atoms. The number of amides is 2. The maximum Gasteiger partial charge on any atom is 0.257 e. The third-order valence-electron chi connectivity index (χ3n) is 5.01. The van der Waals surface area contributed by atoms with Crippen LogP contribution in [-0.4, -0.2) is 34.8 Å². The number of anilines is 1. The van der Waals surface area contributed by atoms with E-state index in [-0.39, 0.29) is 29.3 Å². The Balaban J connectivity index is 1.82. The Morgan fingerprint density at radius 2 is 1.81 bits per heavy atom. The van der Waals surface area contributed by atoms with Crippen molar-refractivity contribution in [3.63, 3.8) is 0 Å². The maximum absolute atomic E-state index is 13.7. The highest BCUT2D eigenvalue weighted by Gasteiger charge is 2.25. The summed E-state index contributed by atoms with van der Waals surface area (Å²) in [7, 11) is 0. The molecule has 3 rings (SSSR count). The van der Waals surface area contributed by atoms with Crippen molar-refractivity contribution in [2.24, 2.45) is 11.1 Å². The summed E-state index contributed by atoms with van der Waals surface area (Å²) in [6.45, 7) is 5.02. The van der Waals surface area contributed by atoms with Crippen molar-refractivity contribution in [2.75, 3.05) is 18.4 Å². The predicted molar refractivity (Wildman–Crippen MR) is 123 cm³/mol. The van der Waals surface area contributed by atoms with Gasteiger partial charge in [0.05, 0.1) is 5.56 Å². The van der Waals surface area contributed by atoms with Gasteiger partial charge in [-0.1, -0.05) is 32.0 Å². The summed E-state index contributed by atoms with van der Waals surface area (Å²) >= 11 is 0. The molecule has 0 fully saturated rings. The van der Waals surface area contributed by atoms with Gasteiger partial charge < -0.3 is 16.0 Å². The molecular formula is C25H27FN4O2. The molecule has 1 heterocycles. The van der Waals surface area contributed by atoms with Crippen LogP contribution < -0.4 is 11.1 Å². The van der Waals surface area contributed by atoms with Crippen LogP contribution in [0.4, 0.5) is 10.1 Å². The third kappa shape index (κ3) is 6.21. The molecule has 6 nitrogen and oxygen atoms in total. The van der Waals surface area contributed by atoms with Crippen molar-refractivity contribution in [2.45, 2.75) is 20.4 Å². The van der Waals surface area contributed by atoms with Crippen LogP contribution in [0.3, 0.4) is 0 Å². The van der Waals surface area contributed by atoms with Crippen LogP contribution in [0.2, 0.25) is 0 Å². The van der Waals surface area contributed by atoms with Gasteiger partial charge in [0.15, 0.2) is 0 Å². The maximum atomic E-state index is 13.7. The zero-order chi connectivity index (χ0) is 23.1. The minimum absolute atomic E-state index is 0.271. The normalized spacial score (nSPS) is 11.1. The molecule has 0 radical (unpaired) electrons. The van der Waals surface area contributed by atoms with Gasteiger partial charge in [0.1, 0.15) is 5.82 Å². The second-order valence-electron chi connectivity index (χ2n) is 8.44. The Labute approximate surface area is 187 Å². The van der Waals surface area contributed by atoms with Gasteiger partial charge in [0, 0.05) is 36.7 Å². The molecule has 1 aromatic heterocycles. The lowest BCUT2D eigenvalue weighted by Crippen LogP contribution is -2.41. The quantitative estimate of drug-likeness (QED) is 0.559. The van der Waals surface area contributed by atoms with Crippen molar-refractivity contribution >= 4 is 17.5 Å². The van der Waals surface area contributed by atoms with Crippen LogP contribution in [-0.2, 0) is 6.54 Å². The molecular weight excluding hydrogens is 407 g/mol. The Hall–Kier alpha value is -3.58. The summed E-state index contributed by atoms with van der Waals surface area (Å²) in [5, 5.41) is 2.85. The molecule has 0 saturated carbocycles. The number of nitrogens with one attached hydrogen (secondary N) is 1. The second-order valence-corrected chi connectivity index (χ2v) is 8.44. The number of carbonyl (C=O) groups excluding carboxylic acids is 2. The van der Waals surface area contributed by atoms with Gasteiger partial charge >= 0.3 is 0 Å². The fraction of sp³-hybridized carbons (Fsp3) is 0.240. The van der Waals surface area contributed by atoms with Crippen molar-refractivity contribution in [3.8, 4) is 0 Å². The molecule has 32 heavy (non-hydrogen) atoms. The molecule has 0 unspecified atom stereocenters. The average molecular weight is 435 g/mol. The number of nitrogens with zero attached hydrogens (tertiary/aromatic N) is 2. The molecule has 7 heteroatoms. The van der Waals surface area contributed by atoms with E-state index in [1.165, 1.54) is 24.4 Å². The number of rotatable bonds is 8. The fourth-order valence-corrected chi connectivity index (χ4v) is 3.25. The Bertz CT molecular complexity index is 1090. The lowest BCUT2D eigenvalue weighted by molar-refractivity contribution is 0.0672. The zero-order valence-electron chi connectivity index (χ0n) is 18.2. The third-order valence-corrected chi connectivity index (χ3v) is 5.01. The number of halogens is 1. The van der Waals surface area contributed by atoms with E-state index < -0.39 is 5.82 Å². The topological polar surface area (TPSA) is 88.3 Å². The van der Waals surface area contributed by atoms with Crippen molar-refractivity contribution < 1.29 is 14.0 Å². The van der Waals surface area contributed by atoms with E-state index in [1.54, 1.807) is 35.4 Å². The van der Waals surface area contributed by atoms with E-state index in [0.717, 1.165) is 5.56 Å². The van der Waals surface area contributed by atoms with Crippen LogP contribution in [0.25, 0.3) is 0 Å². The molecule has 166 valence electrons. The number of aromatic nitrogens is 1. The van der Waals surface area contributed by atoms with Crippen molar-refractivity contribution in [3.05, 3.63) is 95.6 Å². The van der Waals surface area contributed by atoms with E-state index >= 15 is 0 Å². The van der Waals surface area contributed by atoms with E-state index in [2.05, 4.69) is 10.3 Å². The van der Waals surface area contributed by atoms with Crippen LogP contribution in [0, 0.1) is 11.2 Å². The number of carbonyl (C=O) groups is 2. The second kappa shape index (κ2) is 10.2. The first-order valence-corrected chi connectivity index (χ1v) is 10.3. The summed E-state index contributed by atoms with van der Waals surface area (Å²) in [5.41, 5.74) is 7.73. The standard InChI is InChI=1S/C25H27FN4O2/c1-25(2,16-27)17-30(24(32)19-7-4-9-21(26)13-19)15-18-6-3-10-22(12-18)29-23(31)20-8-5-11-28-14-20/h3-14H,15-17,27H2,1-2H3,(H,29,31). The number of pyridine rings is 1.